The molecule has 8 heteroatoms. The number of hydrogen-bond acceptors (Lipinski definition) is 5. The third-order valence-corrected chi connectivity index (χ3v) is 4.42. The fourth-order valence-corrected chi connectivity index (χ4v) is 3.04. The Labute approximate surface area is 139 Å². The van der Waals surface area contributed by atoms with Gasteiger partial charge in [-0.25, -0.2) is 0 Å². The van der Waals surface area contributed by atoms with Crippen molar-refractivity contribution in [3.8, 4) is 10.6 Å². The Kier molecular flexibility index (Phi) is 6.38. The Hall–Kier alpha value is -1.41. The molecule has 0 bridgehead atoms. The molecule has 1 aliphatic heterocycles. The summed E-state index contributed by atoms with van der Waals surface area (Å²) < 4.78 is 0. The first-order chi connectivity index (χ1) is 10.3. The smallest absolute Gasteiger partial charge is 0.271 e. The zero-order chi connectivity index (χ0) is 14.5. The van der Waals surface area contributed by atoms with Crippen LogP contribution in [0, 0.1) is 0 Å². The third kappa shape index (κ3) is 4.30. The number of piperazine rings is 1. The quantitative estimate of drug-likeness (QED) is 0.764. The molecule has 120 valence electrons. The molecule has 2 aromatic heterocycles. The summed E-state index contributed by atoms with van der Waals surface area (Å²) in [5.74, 6) is -0.121. The number of rotatable bonds is 5. The maximum absolute atomic E-state index is 12.0. The Balaban J connectivity index is 0.00000176. The van der Waals surface area contributed by atoms with Crippen molar-refractivity contribution in [3.05, 3.63) is 29.3 Å². The first-order valence-corrected chi connectivity index (χ1v) is 8.01. The van der Waals surface area contributed by atoms with Gasteiger partial charge in [0.25, 0.3) is 5.91 Å². The number of carbonyl (C=O) groups excluding carboxylic acids is 1. The van der Waals surface area contributed by atoms with Gasteiger partial charge in [0.2, 0.25) is 0 Å². The van der Waals surface area contributed by atoms with Crippen LogP contribution in [0.25, 0.3) is 10.6 Å². The van der Waals surface area contributed by atoms with Crippen molar-refractivity contribution < 1.29 is 4.79 Å². The van der Waals surface area contributed by atoms with E-state index in [1.54, 1.807) is 17.4 Å². The van der Waals surface area contributed by atoms with E-state index in [4.69, 9.17) is 0 Å². The molecule has 0 aromatic carbocycles. The Morgan fingerprint density at radius 2 is 2.23 bits per heavy atom. The van der Waals surface area contributed by atoms with E-state index in [1.807, 2.05) is 17.5 Å². The van der Waals surface area contributed by atoms with E-state index in [-0.39, 0.29) is 18.3 Å². The molecule has 3 N–H and O–H groups in total. The molecule has 1 aliphatic rings. The lowest BCUT2D eigenvalue weighted by atomic mass is 10.3. The minimum absolute atomic E-state index is 0. The highest BCUT2D eigenvalue weighted by molar-refractivity contribution is 7.13. The second kappa shape index (κ2) is 8.28. The van der Waals surface area contributed by atoms with Gasteiger partial charge in [0.1, 0.15) is 0 Å². The van der Waals surface area contributed by atoms with Crippen LogP contribution in [0.15, 0.2) is 23.6 Å². The molecule has 2 aromatic rings. The van der Waals surface area contributed by atoms with Gasteiger partial charge in [-0.1, -0.05) is 6.07 Å². The predicted molar refractivity (Wildman–Crippen MR) is 90.8 cm³/mol. The zero-order valence-electron chi connectivity index (χ0n) is 12.2. The molecule has 22 heavy (non-hydrogen) atoms. The molecule has 0 spiro atoms. The number of nitrogens with zero attached hydrogens (tertiary/aromatic N) is 2. The molecule has 3 rings (SSSR count). The summed E-state index contributed by atoms with van der Waals surface area (Å²) in [5, 5.41) is 15.2. The van der Waals surface area contributed by atoms with Crippen LogP contribution >= 0.6 is 23.7 Å². The number of thiophene rings is 1. The number of aromatic amines is 1. The zero-order valence-corrected chi connectivity index (χ0v) is 13.8. The number of aromatic nitrogens is 2. The van der Waals surface area contributed by atoms with Crippen molar-refractivity contribution in [1.82, 2.24) is 25.7 Å². The Morgan fingerprint density at radius 3 is 2.95 bits per heavy atom. The molecule has 3 heterocycles. The molecule has 1 fully saturated rings. The number of halogens is 1. The average molecular weight is 342 g/mol. The SMILES string of the molecule is Cl.O=C(NCCN1CCNCC1)c1cc(-c2cccs2)[nH]n1. The average Bonchev–Trinajstić information content (AvgIpc) is 3.19. The Bertz CT molecular complexity index is 580. The minimum atomic E-state index is -0.121. The Morgan fingerprint density at radius 1 is 1.41 bits per heavy atom. The molecule has 1 saturated heterocycles. The summed E-state index contributed by atoms with van der Waals surface area (Å²) in [6.07, 6.45) is 0. The third-order valence-electron chi connectivity index (χ3n) is 3.52. The second-order valence-electron chi connectivity index (χ2n) is 4.99. The van der Waals surface area contributed by atoms with Crippen LogP contribution in [-0.2, 0) is 0 Å². The molecule has 0 atom stereocenters. The lowest BCUT2D eigenvalue weighted by Crippen LogP contribution is -2.46. The first kappa shape index (κ1) is 17.0. The molecular formula is C14H20ClN5OS. The van der Waals surface area contributed by atoms with Gasteiger partial charge < -0.3 is 10.6 Å². The van der Waals surface area contributed by atoms with Crippen LogP contribution < -0.4 is 10.6 Å². The highest BCUT2D eigenvalue weighted by Gasteiger charge is 2.13. The van der Waals surface area contributed by atoms with Crippen LogP contribution in [-0.4, -0.2) is 60.3 Å². The van der Waals surface area contributed by atoms with Gasteiger partial charge in [0.05, 0.1) is 10.6 Å². The van der Waals surface area contributed by atoms with Gasteiger partial charge in [0.15, 0.2) is 5.69 Å². The van der Waals surface area contributed by atoms with Crippen LogP contribution in [0.4, 0.5) is 0 Å². The molecule has 1 amide bonds. The predicted octanol–water partition coefficient (Wildman–Crippen LogP) is 1.19. The monoisotopic (exact) mass is 341 g/mol. The van der Waals surface area contributed by atoms with Gasteiger partial charge >= 0.3 is 0 Å². The van der Waals surface area contributed by atoms with Gasteiger partial charge in [-0.15, -0.1) is 23.7 Å². The van der Waals surface area contributed by atoms with E-state index in [0.29, 0.717) is 12.2 Å². The summed E-state index contributed by atoms with van der Waals surface area (Å²) in [5.41, 5.74) is 1.33. The minimum Gasteiger partial charge on any atom is -0.349 e. The molecule has 0 saturated carbocycles. The van der Waals surface area contributed by atoms with Gasteiger partial charge in [-0.3, -0.25) is 14.8 Å². The lowest BCUT2D eigenvalue weighted by molar-refractivity contribution is 0.0942. The second-order valence-corrected chi connectivity index (χ2v) is 5.94. The standard InChI is InChI=1S/C14H19N5OS.ClH/c20-14(16-5-8-19-6-3-15-4-7-19)12-10-11(17-18-12)13-2-1-9-21-13;/h1-2,9-10,15H,3-8H2,(H,16,20)(H,17,18);1H. The molecule has 0 radical (unpaired) electrons. The molecule has 0 unspecified atom stereocenters. The largest absolute Gasteiger partial charge is 0.349 e. The van der Waals surface area contributed by atoms with Crippen LogP contribution in [0.3, 0.4) is 0 Å². The molecule has 6 nitrogen and oxygen atoms in total. The van der Waals surface area contributed by atoms with E-state index in [2.05, 4.69) is 25.7 Å². The van der Waals surface area contributed by atoms with Crippen molar-refractivity contribution >= 4 is 29.7 Å². The number of nitrogens with one attached hydrogen (secondary N) is 3. The normalized spacial score (nSPS) is 15.3. The van der Waals surface area contributed by atoms with Crippen LogP contribution in [0.1, 0.15) is 10.5 Å². The highest BCUT2D eigenvalue weighted by Crippen LogP contribution is 2.22. The van der Waals surface area contributed by atoms with Crippen molar-refractivity contribution in [2.24, 2.45) is 0 Å². The van der Waals surface area contributed by atoms with Gasteiger partial charge in [-0.2, -0.15) is 5.10 Å². The first-order valence-electron chi connectivity index (χ1n) is 7.13. The maximum Gasteiger partial charge on any atom is 0.271 e. The van der Waals surface area contributed by atoms with E-state index in [0.717, 1.165) is 43.3 Å². The van der Waals surface area contributed by atoms with Gasteiger partial charge in [-0.05, 0) is 17.5 Å². The number of carbonyl (C=O) groups is 1. The lowest BCUT2D eigenvalue weighted by Gasteiger charge is -2.26. The number of amides is 1. The highest BCUT2D eigenvalue weighted by atomic mass is 35.5. The van der Waals surface area contributed by atoms with Crippen molar-refractivity contribution in [3.63, 3.8) is 0 Å². The van der Waals surface area contributed by atoms with E-state index in [9.17, 15) is 4.79 Å². The number of H-pyrrole nitrogens is 1. The van der Waals surface area contributed by atoms with E-state index < -0.39 is 0 Å². The fourth-order valence-electron chi connectivity index (χ4n) is 2.35. The maximum atomic E-state index is 12.0. The van der Waals surface area contributed by atoms with Crippen LogP contribution in [0.2, 0.25) is 0 Å². The summed E-state index contributed by atoms with van der Waals surface area (Å²) in [7, 11) is 0. The van der Waals surface area contributed by atoms with Crippen molar-refractivity contribution in [1.29, 1.82) is 0 Å². The van der Waals surface area contributed by atoms with E-state index >= 15 is 0 Å². The fraction of sp³-hybridized carbons (Fsp3) is 0.429. The van der Waals surface area contributed by atoms with Crippen LogP contribution in [0.5, 0.6) is 0 Å². The molecule has 0 aliphatic carbocycles. The van der Waals surface area contributed by atoms with Crippen molar-refractivity contribution in [2.45, 2.75) is 0 Å². The van der Waals surface area contributed by atoms with Crippen molar-refractivity contribution in [2.75, 3.05) is 39.3 Å². The number of hydrogen-bond donors (Lipinski definition) is 3. The summed E-state index contributed by atoms with van der Waals surface area (Å²) >= 11 is 1.62. The van der Waals surface area contributed by atoms with Gasteiger partial charge in [0, 0.05) is 39.3 Å². The summed E-state index contributed by atoms with van der Waals surface area (Å²) in [4.78, 5) is 15.5. The summed E-state index contributed by atoms with van der Waals surface area (Å²) in [6.45, 7) is 5.67. The summed E-state index contributed by atoms with van der Waals surface area (Å²) in [6, 6.07) is 5.78. The topological polar surface area (TPSA) is 73.1 Å². The molecular weight excluding hydrogens is 322 g/mol. The van der Waals surface area contributed by atoms with E-state index in [1.165, 1.54) is 0 Å².